The Morgan fingerprint density at radius 2 is 1.28 bits per heavy atom. The van der Waals surface area contributed by atoms with Gasteiger partial charge in [0.15, 0.2) is 0 Å². The molecule has 0 heteroatoms. The molecule has 1 aliphatic carbocycles. The SMILES string of the molecule is C=CCC/C(=C\Cc1ccccc1C(C)(c1ccc2ccccc2c1)c1ccc2ccccc2c1)c1cccc(C2=CC=CC(c3ccccc3)C=C2)c1. The number of allylic oxidation sites excluding steroid dienone is 9. The Bertz CT molecular complexity index is 2480. The molecular formula is C54H46. The van der Waals surface area contributed by atoms with Crippen molar-refractivity contribution in [3.8, 4) is 0 Å². The summed E-state index contributed by atoms with van der Waals surface area (Å²) in [6.07, 6.45) is 18.5. The first kappa shape index (κ1) is 34.8. The summed E-state index contributed by atoms with van der Waals surface area (Å²) in [7, 11) is 0. The van der Waals surface area contributed by atoms with Crippen molar-refractivity contribution in [1.82, 2.24) is 0 Å². The van der Waals surface area contributed by atoms with E-state index in [4.69, 9.17) is 0 Å². The molecule has 0 nitrogen and oxygen atoms in total. The minimum Gasteiger partial charge on any atom is -0.103 e. The van der Waals surface area contributed by atoms with Gasteiger partial charge in [-0.2, -0.15) is 0 Å². The molecular weight excluding hydrogens is 649 g/mol. The van der Waals surface area contributed by atoms with Crippen molar-refractivity contribution >= 4 is 32.7 Å². The monoisotopic (exact) mass is 694 g/mol. The molecule has 0 radical (unpaired) electrons. The maximum atomic E-state index is 4.08. The maximum Gasteiger partial charge on any atom is 0.0426 e. The van der Waals surface area contributed by atoms with Crippen molar-refractivity contribution in [2.75, 3.05) is 0 Å². The number of hydrogen-bond acceptors (Lipinski definition) is 0. The van der Waals surface area contributed by atoms with Gasteiger partial charge in [-0.25, -0.2) is 0 Å². The van der Waals surface area contributed by atoms with E-state index in [2.05, 4.69) is 214 Å². The van der Waals surface area contributed by atoms with Crippen LogP contribution in [0.25, 0.3) is 32.7 Å². The fourth-order valence-electron chi connectivity index (χ4n) is 8.11. The quantitative estimate of drug-likeness (QED) is 0.0934. The van der Waals surface area contributed by atoms with E-state index in [0.717, 1.165) is 19.3 Å². The predicted octanol–water partition coefficient (Wildman–Crippen LogP) is 14.2. The standard InChI is InChI=1S/C54H46/c1-3-4-16-42(47-26-15-27-48(37-47)45-25-14-24-41(29-30-45)40-17-6-5-7-18-40)31-32-46-21-12-13-28-53(46)54(2,51-35-33-43-19-8-10-22-49(43)38-51)52-36-34-44-20-9-11-23-50(44)39-52/h3,5-15,17-31,33-39,41H,1,4,16,32H2,2H3/b42-31+. The van der Waals surface area contributed by atoms with Crippen LogP contribution in [0, 0.1) is 0 Å². The van der Waals surface area contributed by atoms with Crippen LogP contribution in [0.4, 0.5) is 0 Å². The second-order valence-corrected chi connectivity index (χ2v) is 14.6. The van der Waals surface area contributed by atoms with Gasteiger partial charge in [0, 0.05) is 11.3 Å². The van der Waals surface area contributed by atoms with E-state index in [-0.39, 0.29) is 11.3 Å². The third kappa shape index (κ3) is 7.21. The molecule has 0 fully saturated rings. The van der Waals surface area contributed by atoms with Gasteiger partial charge < -0.3 is 0 Å². The van der Waals surface area contributed by atoms with E-state index in [1.54, 1.807) is 0 Å². The lowest BCUT2D eigenvalue weighted by Crippen LogP contribution is -2.27. The third-order valence-corrected chi connectivity index (χ3v) is 11.2. The Morgan fingerprint density at radius 3 is 1.98 bits per heavy atom. The molecule has 0 N–H and O–H groups in total. The molecule has 0 bridgehead atoms. The zero-order valence-electron chi connectivity index (χ0n) is 31.0. The van der Waals surface area contributed by atoms with Gasteiger partial charge in [0.2, 0.25) is 0 Å². The Labute approximate surface area is 320 Å². The lowest BCUT2D eigenvalue weighted by molar-refractivity contribution is 0.686. The van der Waals surface area contributed by atoms with E-state index < -0.39 is 0 Å². The fourth-order valence-corrected chi connectivity index (χ4v) is 8.11. The number of hydrogen-bond donors (Lipinski definition) is 0. The minimum atomic E-state index is -0.386. The summed E-state index contributed by atoms with van der Waals surface area (Å²) in [5, 5.41) is 5.04. The first-order chi connectivity index (χ1) is 26.6. The van der Waals surface area contributed by atoms with Crippen LogP contribution in [-0.4, -0.2) is 0 Å². The highest BCUT2D eigenvalue weighted by molar-refractivity contribution is 5.86. The maximum absolute atomic E-state index is 4.08. The molecule has 0 saturated heterocycles. The molecule has 0 heterocycles. The summed E-state index contributed by atoms with van der Waals surface area (Å²) < 4.78 is 0. The summed E-state index contributed by atoms with van der Waals surface area (Å²) >= 11 is 0. The molecule has 0 aliphatic heterocycles. The van der Waals surface area contributed by atoms with Crippen LogP contribution in [0.15, 0.2) is 213 Å². The van der Waals surface area contributed by atoms with Crippen LogP contribution in [0.1, 0.15) is 64.6 Å². The first-order valence-corrected chi connectivity index (χ1v) is 19.2. The molecule has 262 valence electrons. The van der Waals surface area contributed by atoms with Gasteiger partial charge in [0.25, 0.3) is 0 Å². The van der Waals surface area contributed by atoms with Crippen molar-refractivity contribution in [3.63, 3.8) is 0 Å². The van der Waals surface area contributed by atoms with E-state index >= 15 is 0 Å². The van der Waals surface area contributed by atoms with Gasteiger partial charge in [-0.3, -0.25) is 0 Å². The molecule has 8 rings (SSSR count). The van der Waals surface area contributed by atoms with E-state index in [1.807, 2.05) is 6.08 Å². The Morgan fingerprint density at radius 1 is 0.630 bits per heavy atom. The van der Waals surface area contributed by atoms with Crippen molar-refractivity contribution < 1.29 is 0 Å². The topological polar surface area (TPSA) is 0 Å². The number of fused-ring (bicyclic) bond motifs is 2. The van der Waals surface area contributed by atoms with E-state index in [9.17, 15) is 0 Å². The highest BCUT2D eigenvalue weighted by atomic mass is 14.4. The average Bonchev–Trinajstić information content (AvgIpc) is 3.50. The second kappa shape index (κ2) is 15.8. The number of rotatable bonds is 11. The zero-order valence-corrected chi connectivity index (χ0v) is 31.0. The summed E-state index contributed by atoms with van der Waals surface area (Å²) in [6, 6.07) is 60.2. The molecule has 7 aromatic carbocycles. The highest BCUT2D eigenvalue weighted by Gasteiger charge is 2.33. The van der Waals surface area contributed by atoms with Gasteiger partial charge in [-0.15, -0.1) is 6.58 Å². The van der Waals surface area contributed by atoms with Crippen LogP contribution < -0.4 is 0 Å². The van der Waals surface area contributed by atoms with Crippen LogP contribution in [0.3, 0.4) is 0 Å². The van der Waals surface area contributed by atoms with Gasteiger partial charge in [-0.1, -0.05) is 188 Å². The summed E-state index contributed by atoms with van der Waals surface area (Å²) in [5.74, 6) is 0.265. The molecule has 7 aromatic rings. The lowest BCUT2D eigenvalue weighted by Gasteiger charge is -2.34. The van der Waals surface area contributed by atoms with Gasteiger partial charge >= 0.3 is 0 Å². The minimum absolute atomic E-state index is 0.265. The molecule has 0 aromatic heterocycles. The van der Waals surface area contributed by atoms with Crippen LogP contribution in [0.5, 0.6) is 0 Å². The molecule has 54 heavy (non-hydrogen) atoms. The van der Waals surface area contributed by atoms with Crippen LogP contribution in [0.2, 0.25) is 0 Å². The third-order valence-electron chi connectivity index (χ3n) is 11.2. The molecule has 1 unspecified atom stereocenters. The largest absolute Gasteiger partial charge is 0.103 e. The lowest BCUT2D eigenvalue weighted by atomic mass is 9.68. The second-order valence-electron chi connectivity index (χ2n) is 14.6. The molecule has 1 aliphatic rings. The average molecular weight is 695 g/mol. The zero-order chi connectivity index (χ0) is 36.7. The molecule has 0 amide bonds. The predicted molar refractivity (Wildman–Crippen MR) is 233 cm³/mol. The summed E-state index contributed by atoms with van der Waals surface area (Å²) in [5.41, 5.74) is 11.2. The van der Waals surface area contributed by atoms with Crippen molar-refractivity contribution in [3.05, 3.63) is 252 Å². The smallest absolute Gasteiger partial charge is 0.0426 e. The van der Waals surface area contributed by atoms with E-state index in [1.165, 1.54) is 71.6 Å². The van der Waals surface area contributed by atoms with Crippen molar-refractivity contribution in [2.45, 2.75) is 37.5 Å². The number of benzene rings is 7. The first-order valence-electron chi connectivity index (χ1n) is 19.2. The van der Waals surface area contributed by atoms with Gasteiger partial charge in [0.05, 0.1) is 0 Å². The summed E-state index contributed by atoms with van der Waals surface area (Å²) in [6.45, 7) is 6.50. The van der Waals surface area contributed by atoms with Gasteiger partial charge in [0.1, 0.15) is 0 Å². The summed E-state index contributed by atoms with van der Waals surface area (Å²) in [4.78, 5) is 0. The fraction of sp³-hybridized carbons (Fsp3) is 0.111. The molecule has 0 saturated carbocycles. The van der Waals surface area contributed by atoms with Crippen LogP contribution in [-0.2, 0) is 11.8 Å². The Kier molecular flexibility index (Phi) is 10.2. The molecule has 1 atom stereocenters. The van der Waals surface area contributed by atoms with Gasteiger partial charge in [-0.05, 0) is 116 Å². The van der Waals surface area contributed by atoms with Crippen molar-refractivity contribution in [1.29, 1.82) is 0 Å². The normalized spacial score (nSPS) is 14.6. The Hall–Kier alpha value is -6.24. The van der Waals surface area contributed by atoms with Crippen molar-refractivity contribution in [2.24, 2.45) is 0 Å². The highest BCUT2D eigenvalue weighted by Crippen LogP contribution is 2.43. The Balaban J connectivity index is 1.18. The van der Waals surface area contributed by atoms with E-state index in [0.29, 0.717) is 0 Å². The van der Waals surface area contributed by atoms with Crippen LogP contribution >= 0.6 is 0 Å². The molecule has 0 spiro atoms.